The monoisotopic (exact) mass is 301 g/mol. The molecule has 3 nitrogen and oxygen atoms in total. The van der Waals surface area contributed by atoms with E-state index in [4.69, 9.17) is 4.74 Å². The third-order valence-electron chi connectivity index (χ3n) is 4.24. The lowest BCUT2D eigenvalue weighted by Gasteiger charge is -2.22. The van der Waals surface area contributed by atoms with E-state index >= 15 is 0 Å². The maximum atomic E-state index is 12.2. The second-order valence-corrected chi connectivity index (χ2v) is 7.46. The van der Waals surface area contributed by atoms with Gasteiger partial charge in [0.15, 0.2) is 0 Å². The summed E-state index contributed by atoms with van der Waals surface area (Å²) in [7, 11) is 0. The number of hydrogen-bond acceptors (Lipinski definition) is 3. The van der Waals surface area contributed by atoms with Gasteiger partial charge in [-0.25, -0.2) is 0 Å². The Bertz CT molecular complexity index is 550. The molecule has 1 heterocycles. The molecule has 120 valence electrons. The van der Waals surface area contributed by atoms with Crippen molar-refractivity contribution in [2.75, 3.05) is 0 Å². The fourth-order valence-electron chi connectivity index (χ4n) is 2.68. The van der Waals surface area contributed by atoms with Gasteiger partial charge in [-0.15, -0.1) is 0 Å². The van der Waals surface area contributed by atoms with E-state index < -0.39 is 0 Å². The molecular formula is C19H27NO2. The molecule has 0 saturated heterocycles. The Morgan fingerprint density at radius 1 is 1.32 bits per heavy atom. The van der Waals surface area contributed by atoms with Crippen LogP contribution in [-0.4, -0.2) is 11.0 Å². The molecular weight excluding hydrogens is 274 g/mol. The minimum atomic E-state index is -0.135. The van der Waals surface area contributed by atoms with Gasteiger partial charge in [0, 0.05) is 11.1 Å². The van der Waals surface area contributed by atoms with Crippen molar-refractivity contribution < 1.29 is 9.53 Å². The van der Waals surface area contributed by atoms with Crippen molar-refractivity contribution in [3.63, 3.8) is 0 Å². The maximum absolute atomic E-state index is 12.2. The van der Waals surface area contributed by atoms with Gasteiger partial charge in [-0.05, 0) is 37.3 Å². The van der Waals surface area contributed by atoms with Crippen molar-refractivity contribution in [2.24, 2.45) is 11.8 Å². The number of carbonyl (C=O) groups excluding carboxylic acids is 1. The van der Waals surface area contributed by atoms with Crippen molar-refractivity contribution >= 4 is 5.97 Å². The smallest absolute Gasteiger partial charge is 0.314 e. The molecule has 2 rings (SSSR count). The number of nitrogens with zero attached hydrogens (tertiary/aromatic N) is 1. The van der Waals surface area contributed by atoms with Crippen molar-refractivity contribution in [3.8, 4) is 5.75 Å². The molecule has 1 aromatic rings. The number of esters is 1. The highest BCUT2D eigenvalue weighted by Crippen LogP contribution is 2.29. The highest BCUT2D eigenvalue weighted by molar-refractivity contribution is 5.75. The van der Waals surface area contributed by atoms with Crippen LogP contribution in [0.5, 0.6) is 5.75 Å². The van der Waals surface area contributed by atoms with Crippen LogP contribution >= 0.6 is 0 Å². The Hall–Kier alpha value is -1.64. The first kappa shape index (κ1) is 16.7. The molecule has 0 amide bonds. The number of allylic oxidation sites excluding steroid dienone is 2. The Morgan fingerprint density at radius 3 is 2.50 bits per heavy atom. The van der Waals surface area contributed by atoms with Crippen LogP contribution in [0.25, 0.3) is 0 Å². The van der Waals surface area contributed by atoms with Gasteiger partial charge < -0.3 is 4.74 Å². The van der Waals surface area contributed by atoms with Crippen LogP contribution < -0.4 is 4.74 Å². The molecule has 1 aliphatic carbocycles. The van der Waals surface area contributed by atoms with E-state index in [9.17, 15) is 4.79 Å². The molecule has 1 aromatic heterocycles. The second-order valence-electron chi connectivity index (χ2n) is 7.46. The fraction of sp³-hybridized carbons (Fsp3) is 0.579. The third-order valence-corrected chi connectivity index (χ3v) is 4.24. The Kier molecular flexibility index (Phi) is 5.05. The predicted molar refractivity (Wildman–Crippen MR) is 88.8 cm³/mol. The standard InChI is InChI=1S/C19H27NO2/c1-13(2)14-6-8-15(9-7-14)18(21)22-16-10-11-17(20-12-16)19(3,4)5/h6,10-13,15H,7-9H2,1-5H3. The fourth-order valence-corrected chi connectivity index (χ4v) is 2.68. The van der Waals surface area contributed by atoms with Crippen LogP contribution in [-0.2, 0) is 10.2 Å². The summed E-state index contributed by atoms with van der Waals surface area (Å²) in [6.45, 7) is 10.7. The van der Waals surface area contributed by atoms with Gasteiger partial charge in [0.05, 0.1) is 12.1 Å². The van der Waals surface area contributed by atoms with Crippen LogP contribution in [0.15, 0.2) is 30.0 Å². The van der Waals surface area contributed by atoms with Crippen molar-refractivity contribution in [1.82, 2.24) is 4.98 Å². The molecule has 0 bridgehead atoms. The van der Waals surface area contributed by atoms with Gasteiger partial charge in [-0.3, -0.25) is 9.78 Å². The molecule has 0 fully saturated rings. The average molecular weight is 301 g/mol. The lowest BCUT2D eigenvalue weighted by Crippen LogP contribution is -2.23. The van der Waals surface area contributed by atoms with Crippen LogP contribution in [0.1, 0.15) is 59.6 Å². The Balaban J connectivity index is 1.96. The first-order valence-corrected chi connectivity index (χ1v) is 8.14. The Morgan fingerprint density at radius 2 is 2.05 bits per heavy atom. The highest BCUT2D eigenvalue weighted by Gasteiger charge is 2.24. The topological polar surface area (TPSA) is 39.2 Å². The second kappa shape index (κ2) is 6.64. The zero-order valence-electron chi connectivity index (χ0n) is 14.3. The molecule has 3 heteroatoms. The quantitative estimate of drug-likeness (QED) is 0.601. The zero-order chi connectivity index (χ0) is 16.3. The third kappa shape index (κ3) is 4.19. The predicted octanol–water partition coefficient (Wildman–Crippen LogP) is 4.67. The molecule has 0 radical (unpaired) electrons. The van der Waals surface area contributed by atoms with Gasteiger partial charge in [-0.2, -0.15) is 0 Å². The largest absolute Gasteiger partial charge is 0.425 e. The van der Waals surface area contributed by atoms with Crippen LogP contribution in [0.4, 0.5) is 0 Å². The molecule has 22 heavy (non-hydrogen) atoms. The zero-order valence-corrected chi connectivity index (χ0v) is 14.3. The van der Waals surface area contributed by atoms with E-state index in [1.54, 1.807) is 6.20 Å². The first-order chi connectivity index (χ1) is 10.3. The maximum Gasteiger partial charge on any atom is 0.314 e. The van der Waals surface area contributed by atoms with Gasteiger partial charge in [-0.1, -0.05) is 46.3 Å². The molecule has 0 saturated carbocycles. The van der Waals surface area contributed by atoms with E-state index in [1.165, 1.54) is 5.57 Å². The van der Waals surface area contributed by atoms with Crippen LogP contribution in [0.2, 0.25) is 0 Å². The lowest BCUT2D eigenvalue weighted by atomic mass is 9.85. The summed E-state index contributed by atoms with van der Waals surface area (Å²) in [5, 5.41) is 0. The van der Waals surface area contributed by atoms with Gasteiger partial charge in [0.1, 0.15) is 5.75 Å². The summed E-state index contributed by atoms with van der Waals surface area (Å²) in [5.41, 5.74) is 2.46. The molecule has 0 N–H and O–H groups in total. The highest BCUT2D eigenvalue weighted by atomic mass is 16.5. The van der Waals surface area contributed by atoms with Crippen molar-refractivity contribution in [1.29, 1.82) is 0 Å². The molecule has 1 atom stereocenters. The summed E-state index contributed by atoms with van der Waals surface area (Å²) in [6, 6.07) is 3.77. The molecule has 0 aliphatic heterocycles. The normalized spacial score (nSPS) is 19.0. The average Bonchev–Trinajstić information content (AvgIpc) is 2.47. The number of ether oxygens (including phenoxy) is 1. The minimum Gasteiger partial charge on any atom is -0.425 e. The number of aromatic nitrogens is 1. The summed E-state index contributed by atoms with van der Waals surface area (Å²) in [5.74, 6) is 0.955. The number of pyridine rings is 1. The van der Waals surface area contributed by atoms with Crippen molar-refractivity contribution in [2.45, 2.75) is 59.3 Å². The summed E-state index contributed by atoms with van der Waals surface area (Å²) in [6.07, 6.45) is 6.53. The van der Waals surface area contributed by atoms with Crippen molar-refractivity contribution in [3.05, 3.63) is 35.7 Å². The molecule has 0 aromatic carbocycles. The van der Waals surface area contributed by atoms with Gasteiger partial charge in [0.2, 0.25) is 0 Å². The SMILES string of the molecule is CC(C)C1=CCC(C(=O)Oc2ccc(C(C)(C)C)nc2)CC1. The lowest BCUT2D eigenvalue weighted by molar-refractivity contribution is -0.139. The van der Waals surface area contributed by atoms with Crippen LogP contribution in [0.3, 0.4) is 0 Å². The number of hydrogen-bond donors (Lipinski definition) is 0. The number of carbonyl (C=O) groups is 1. The van der Waals surface area contributed by atoms with E-state index in [0.717, 1.165) is 25.0 Å². The van der Waals surface area contributed by atoms with Crippen LogP contribution in [0, 0.1) is 11.8 Å². The molecule has 0 spiro atoms. The van der Waals surface area contributed by atoms with E-state index in [2.05, 4.69) is 45.7 Å². The molecule has 1 aliphatic rings. The van der Waals surface area contributed by atoms with E-state index in [0.29, 0.717) is 11.7 Å². The summed E-state index contributed by atoms with van der Waals surface area (Å²) < 4.78 is 5.49. The number of rotatable bonds is 3. The molecule has 1 unspecified atom stereocenters. The van der Waals surface area contributed by atoms with E-state index in [1.807, 2.05) is 12.1 Å². The van der Waals surface area contributed by atoms with E-state index in [-0.39, 0.29) is 17.3 Å². The summed E-state index contributed by atoms with van der Waals surface area (Å²) in [4.78, 5) is 16.6. The van der Waals surface area contributed by atoms with Gasteiger partial charge >= 0.3 is 5.97 Å². The minimum absolute atomic E-state index is 0.00392. The summed E-state index contributed by atoms with van der Waals surface area (Å²) >= 11 is 0. The first-order valence-electron chi connectivity index (χ1n) is 8.14. The Labute approximate surface area is 133 Å². The van der Waals surface area contributed by atoms with Gasteiger partial charge in [0.25, 0.3) is 0 Å².